The summed E-state index contributed by atoms with van der Waals surface area (Å²) in [5, 5.41) is 11.5. The summed E-state index contributed by atoms with van der Waals surface area (Å²) in [6, 6.07) is 13.8. The van der Waals surface area contributed by atoms with E-state index in [9.17, 15) is 19.5 Å². The summed E-state index contributed by atoms with van der Waals surface area (Å²) in [5.41, 5.74) is 1.71. The molecule has 0 saturated carbocycles. The van der Waals surface area contributed by atoms with Gasteiger partial charge in [0.05, 0.1) is 12.0 Å². The number of methoxy groups -OCH3 is 1. The van der Waals surface area contributed by atoms with Crippen LogP contribution in [0.15, 0.2) is 53.4 Å². The number of nitrogens with one attached hydrogen (secondary N) is 1. The maximum Gasteiger partial charge on any atom is 0.294 e. The van der Waals surface area contributed by atoms with Crippen molar-refractivity contribution in [1.82, 2.24) is 10.2 Å². The maximum atomic E-state index is 12.5. The lowest BCUT2D eigenvalue weighted by molar-refractivity contribution is -0.129. The summed E-state index contributed by atoms with van der Waals surface area (Å²) in [5.74, 6) is -0.0136. The summed E-state index contributed by atoms with van der Waals surface area (Å²) in [6.07, 6.45) is 2.19. The predicted octanol–water partition coefficient (Wildman–Crippen LogP) is 2.80. The first kappa shape index (κ1) is 20.5. The van der Waals surface area contributed by atoms with Crippen molar-refractivity contribution in [2.75, 3.05) is 20.2 Å². The molecular weight excluding hydrogens is 392 g/mol. The van der Waals surface area contributed by atoms with Gasteiger partial charge in [-0.25, -0.2) is 0 Å². The lowest BCUT2D eigenvalue weighted by Gasteiger charge is -2.12. The summed E-state index contributed by atoms with van der Waals surface area (Å²) >= 11 is 0.814. The fourth-order valence-corrected chi connectivity index (χ4v) is 3.53. The quantitative estimate of drug-likeness (QED) is 0.679. The summed E-state index contributed by atoms with van der Waals surface area (Å²) in [6.45, 7) is 0.0434. The summed E-state index contributed by atoms with van der Waals surface area (Å²) in [7, 11) is 1.57. The standard InChI is InChI=1S/C21H20N2O5S/c1-28-17-8-4-15(5-9-17)12-18-20(26)23(21(27)29-18)13-19(25)22-11-10-14-2-6-16(24)7-3-14/h2-9,12,24H,10-11,13H2,1H3,(H,22,25). The second kappa shape index (κ2) is 9.29. The van der Waals surface area contributed by atoms with Crippen LogP contribution in [-0.2, 0) is 16.0 Å². The van der Waals surface area contributed by atoms with Gasteiger partial charge in [0.1, 0.15) is 18.0 Å². The van der Waals surface area contributed by atoms with Crippen LogP contribution in [0.1, 0.15) is 11.1 Å². The van der Waals surface area contributed by atoms with E-state index >= 15 is 0 Å². The zero-order valence-corrected chi connectivity index (χ0v) is 16.6. The van der Waals surface area contributed by atoms with Gasteiger partial charge in [0, 0.05) is 6.54 Å². The molecule has 1 aliphatic rings. The second-order valence-electron chi connectivity index (χ2n) is 6.31. The number of carbonyl (C=O) groups excluding carboxylic acids is 3. The topological polar surface area (TPSA) is 95.9 Å². The monoisotopic (exact) mass is 412 g/mol. The normalized spacial score (nSPS) is 15.1. The zero-order chi connectivity index (χ0) is 20.8. The SMILES string of the molecule is COc1ccc(C=C2SC(=O)N(CC(=O)NCCc3ccc(O)cc3)C2=O)cc1. The molecule has 150 valence electrons. The van der Waals surface area contributed by atoms with Crippen molar-refractivity contribution in [3.8, 4) is 11.5 Å². The first-order valence-corrected chi connectivity index (χ1v) is 9.72. The molecule has 0 spiro atoms. The Morgan fingerprint density at radius 1 is 1.14 bits per heavy atom. The Morgan fingerprint density at radius 2 is 1.83 bits per heavy atom. The first-order valence-electron chi connectivity index (χ1n) is 8.90. The molecule has 29 heavy (non-hydrogen) atoms. The molecule has 1 heterocycles. The van der Waals surface area contributed by atoms with Gasteiger partial charge in [0.2, 0.25) is 5.91 Å². The van der Waals surface area contributed by atoms with E-state index in [0.29, 0.717) is 18.7 Å². The number of amides is 3. The number of ether oxygens (including phenoxy) is 1. The first-order chi connectivity index (χ1) is 14.0. The number of rotatable bonds is 7. The van der Waals surface area contributed by atoms with Gasteiger partial charge in [-0.15, -0.1) is 0 Å². The third-order valence-electron chi connectivity index (χ3n) is 4.26. The van der Waals surface area contributed by atoms with Crippen LogP contribution < -0.4 is 10.1 Å². The minimum atomic E-state index is -0.482. The van der Waals surface area contributed by atoms with Crippen LogP contribution in [-0.4, -0.2) is 47.3 Å². The lowest BCUT2D eigenvalue weighted by Crippen LogP contribution is -2.40. The van der Waals surface area contributed by atoms with Gasteiger partial charge in [-0.2, -0.15) is 0 Å². The highest BCUT2D eigenvalue weighted by atomic mass is 32.2. The fourth-order valence-electron chi connectivity index (χ4n) is 2.70. The van der Waals surface area contributed by atoms with E-state index in [0.717, 1.165) is 27.8 Å². The molecule has 2 aromatic rings. The number of hydrogen-bond donors (Lipinski definition) is 2. The molecule has 7 nitrogen and oxygen atoms in total. The minimum Gasteiger partial charge on any atom is -0.508 e. The van der Waals surface area contributed by atoms with Crippen molar-refractivity contribution < 1.29 is 24.2 Å². The molecule has 0 atom stereocenters. The van der Waals surface area contributed by atoms with Crippen LogP contribution in [0.4, 0.5) is 4.79 Å². The van der Waals surface area contributed by atoms with Gasteiger partial charge >= 0.3 is 0 Å². The average Bonchev–Trinajstić information content (AvgIpc) is 2.97. The second-order valence-corrected chi connectivity index (χ2v) is 7.30. The van der Waals surface area contributed by atoms with Gasteiger partial charge in [-0.05, 0) is 59.7 Å². The van der Waals surface area contributed by atoms with E-state index in [1.165, 1.54) is 0 Å². The number of nitrogens with zero attached hydrogens (tertiary/aromatic N) is 1. The number of hydrogen-bond acceptors (Lipinski definition) is 6. The third kappa shape index (κ3) is 5.39. The van der Waals surface area contributed by atoms with Gasteiger partial charge in [-0.3, -0.25) is 19.3 Å². The highest BCUT2D eigenvalue weighted by molar-refractivity contribution is 8.18. The molecule has 0 aromatic heterocycles. The fraction of sp³-hybridized carbons (Fsp3) is 0.190. The van der Waals surface area contributed by atoms with E-state index < -0.39 is 17.1 Å². The van der Waals surface area contributed by atoms with Crippen molar-refractivity contribution in [3.63, 3.8) is 0 Å². The maximum absolute atomic E-state index is 12.5. The predicted molar refractivity (Wildman–Crippen MR) is 110 cm³/mol. The van der Waals surface area contributed by atoms with Crippen molar-refractivity contribution in [1.29, 1.82) is 0 Å². The molecular formula is C21H20N2O5S. The van der Waals surface area contributed by atoms with E-state index in [1.807, 2.05) is 0 Å². The van der Waals surface area contributed by atoms with Crippen LogP contribution in [0.5, 0.6) is 11.5 Å². The zero-order valence-electron chi connectivity index (χ0n) is 15.8. The van der Waals surface area contributed by atoms with E-state index in [1.54, 1.807) is 61.7 Å². The molecule has 1 fully saturated rings. The van der Waals surface area contributed by atoms with Gasteiger partial charge in [0.25, 0.3) is 11.1 Å². The Balaban J connectivity index is 1.54. The van der Waals surface area contributed by atoms with Gasteiger partial charge in [-0.1, -0.05) is 24.3 Å². The minimum absolute atomic E-state index is 0.180. The highest BCUT2D eigenvalue weighted by Gasteiger charge is 2.36. The molecule has 3 amide bonds. The molecule has 0 radical (unpaired) electrons. The summed E-state index contributed by atoms with van der Waals surface area (Å²) < 4.78 is 5.09. The van der Waals surface area contributed by atoms with Crippen LogP contribution in [0.2, 0.25) is 0 Å². The molecule has 8 heteroatoms. The summed E-state index contributed by atoms with van der Waals surface area (Å²) in [4.78, 5) is 38.0. The Kier molecular flexibility index (Phi) is 6.56. The van der Waals surface area contributed by atoms with Crippen molar-refractivity contribution in [2.45, 2.75) is 6.42 Å². The Morgan fingerprint density at radius 3 is 2.48 bits per heavy atom. The molecule has 3 rings (SSSR count). The highest BCUT2D eigenvalue weighted by Crippen LogP contribution is 2.32. The van der Waals surface area contributed by atoms with Gasteiger partial charge in [0.15, 0.2) is 0 Å². The number of phenols is 1. The number of phenolic OH excluding ortho intramolecular Hbond substituents is 1. The Bertz CT molecular complexity index is 939. The molecule has 2 aromatic carbocycles. The van der Waals surface area contributed by atoms with Crippen LogP contribution in [0, 0.1) is 0 Å². The number of carbonyl (C=O) groups is 3. The smallest absolute Gasteiger partial charge is 0.294 e. The Hall–Kier alpha value is -3.26. The van der Waals surface area contributed by atoms with Crippen molar-refractivity contribution in [2.24, 2.45) is 0 Å². The van der Waals surface area contributed by atoms with Crippen LogP contribution in [0.3, 0.4) is 0 Å². The van der Waals surface area contributed by atoms with E-state index in [2.05, 4.69) is 5.32 Å². The largest absolute Gasteiger partial charge is 0.508 e. The number of benzene rings is 2. The van der Waals surface area contributed by atoms with Gasteiger partial charge < -0.3 is 15.2 Å². The molecule has 2 N–H and O–H groups in total. The number of thioether (sulfide) groups is 1. The van der Waals surface area contributed by atoms with Crippen LogP contribution in [0.25, 0.3) is 6.08 Å². The third-order valence-corrected chi connectivity index (χ3v) is 5.17. The molecule has 0 unspecified atom stereocenters. The average molecular weight is 412 g/mol. The van der Waals surface area contributed by atoms with Crippen molar-refractivity contribution >= 4 is 34.9 Å². The number of imide groups is 1. The Labute approximate surface area is 172 Å². The molecule has 0 aliphatic carbocycles. The molecule has 0 bridgehead atoms. The van der Waals surface area contributed by atoms with E-state index in [-0.39, 0.29) is 17.2 Å². The number of aromatic hydroxyl groups is 1. The molecule has 1 saturated heterocycles. The molecule has 1 aliphatic heterocycles. The van der Waals surface area contributed by atoms with Crippen molar-refractivity contribution in [3.05, 3.63) is 64.6 Å². The lowest BCUT2D eigenvalue weighted by atomic mass is 10.1. The van der Waals surface area contributed by atoms with E-state index in [4.69, 9.17) is 4.74 Å². The van der Waals surface area contributed by atoms with Crippen LogP contribution >= 0.6 is 11.8 Å².